The number of thiophene rings is 1. The Morgan fingerprint density at radius 3 is 2.63 bits per heavy atom. The molecule has 2 aromatic heterocycles. The highest BCUT2D eigenvalue weighted by atomic mass is 32.2. The summed E-state index contributed by atoms with van der Waals surface area (Å²) in [6.45, 7) is 2.66. The summed E-state index contributed by atoms with van der Waals surface area (Å²) in [5.74, 6) is 1.19. The molecule has 2 saturated heterocycles. The van der Waals surface area contributed by atoms with Gasteiger partial charge in [0, 0.05) is 66.0 Å². The third-order valence-electron chi connectivity index (χ3n) is 8.75. The van der Waals surface area contributed by atoms with Crippen LogP contribution in [0.25, 0.3) is 10.6 Å². The summed E-state index contributed by atoms with van der Waals surface area (Å²) in [4.78, 5) is 27.7. The molecule has 0 spiro atoms. The molecule has 214 valence electrons. The monoisotopic (exact) mass is 598 g/mol. The third-order valence-corrected chi connectivity index (χ3v) is 11.0. The maximum atomic E-state index is 14.1. The molecule has 2 atom stereocenters. The number of nitrogens with one attached hydrogen (secondary N) is 2. The van der Waals surface area contributed by atoms with E-state index in [0.29, 0.717) is 34.3 Å². The maximum absolute atomic E-state index is 14.1. The van der Waals surface area contributed by atoms with Crippen LogP contribution in [0.15, 0.2) is 35.4 Å². The van der Waals surface area contributed by atoms with Crippen molar-refractivity contribution >= 4 is 46.3 Å². The number of carbonyl (C=O) groups excluding carboxylic acids is 1. The van der Waals surface area contributed by atoms with Crippen LogP contribution < -0.4 is 15.5 Å². The van der Waals surface area contributed by atoms with Crippen LogP contribution in [0.2, 0.25) is 0 Å². The minimum atomic E-state index is -4.63. The molecule has 41 heavy (non-hydrogen) atoms. The Balaban J connectivity index is 1.13. The lowest BCUT2D eigenvalue weighted by molar-refractivity contribution is -0.137. The van der Waals surface area contributed by atoms with E-state index in [1.165, 1.54) is 17.4 Å². The molecular weight excluding hydrogens is 569 g/mol. The van der Waals surface area contributed by atoms with E-state index >= 15 is 0 Å². The minimum absolute atomic E-state index is 0.0825. The van der Waals surface area contributed by atoms with E-state index in [4.69, 9.17) is 0 Å². The lowest BCUT2D eigenvalue weighted by atomic mass is 10.1. The van der Waals surface area contributed by atoms with Crippen LogP contribution in [-0.2, 0) is 6.18 Å². The smallest absolute Gasteiger partial charge is 0.366 e. The number of aromatic nitrogens is 2. The largest absolute Gasteiger partial charge is 0.420 e. The van der Waals surface area contributed by atoms with Crippen LogP contribution in [-0.4, -0.2) is 64.3 Å². The molecule has 5 aliphatic rings. The van der Waals surface area contributed by atoms with Gasteiger partial charge in [-0.15, -0.1) is 23.1 Å². The summed E-state index contributed by atoms with van der Waals surface area (Å²) >= 11 is 2.63. The standard InChI is InChI=1S/C29H29F3N6OS2/c30-29(31,32)21-13-34-28(36-25(21)23-11-24-26(41-23)27(39)37(7-8-40-24)17-3-4-17)35-22-6-5-18(10-20(22)15-1-2-15)38-14-16-9-19(38)12-33-16/h5-6,10-11,13,15-17,19,33H,1-4,7-9,12,14H2,(H,34,35,36)/t16-,19-/m1/s1. The van der Waals surface area contributed by atoms with Crippen molar-refractivity contribution in [3.63, 3.8) is 0 Å². The number of nitrogens with zero attached hydrogens (tertiary/aromatic N) is 4. The van der Waals surface area contributed by atoms with Crippen molar-refractivity contribution in [2.45, 2.75) is 67.2 Å². The molecule has 0 unspecified atom stereocenters. The summed E-state index contributed by atoms with van der Waals surface area (Å²) in [7, 11) is 0. The molecule has 2 aliphatic carbocycles. The lowest BCUT2D eigenvalue weighted by Crippen LogP contribution is -2.43. The molecule has 2 N–H and O–H groups in total. The van der Waals surface area contributed by atoms with Crippen molar-refractivity contribution in [3.8, 4) is 10.6 Å². The normalized spacial score (nSPS) is 24.1. The van der Waals surface area contributed by atoms with Gasteiger partial charge in [0.2, 0.25) is 5.95 Å². The van der Waals surface area contributed by atoms with Crippen molar-refractivity contribution in [1.29, 1.82) is 0 Å². The van der Waals surface area contributed by atoms with E-state index in [0.717, 1.165) is 84.6 Å². The number of benzene rings is 1. The number of fused-ring (bicyclic) bond motifs is 3. The number of piperazine rings is 1. The number of anilines is 3. The Bertz CT molecular complexity index is 1540. The van der Waals surface area contributed by atoms with Gasteiger partial charge in [0.05, 0.1) is 10.6 Å². The Kier molecular flexibility index (Phi) is 6.05. The average molecular weight is 599 g/mol. The quantitative estimate of drug-likeness (QED) is 0.355. The summed E-state index contributed by atoms with van der Waals surface area (Å²) in [6, 6.07) is 9.33. The zero-order valence-corrected chi connectivity index (χ0v) is 23.8. The summed E-state index contributed by atoms with van der Waals surface area (Å²) in [5.41, 5.74) is 2.10. The van der Waals surface area contributed by atoms with Gasteiger partial charge in [0.1, 0.15) is 10.4 Å². The van der Waals surface area contributed by atoms with Gasteiger partial charge in [-0.05, 0) is 67.9 Å². The van der Waals surface area contributed by atoms with Gasteiger partial charge in [0.15, 0.2) is 0 Å². The minimum Gasteiger partial charge on any atom is -0.366 e. The van der Waals surface area contributed by atoms with Gasteiger partial charge >= 0.3 is 6.18 Å². The molecule has 7 nitrogen and oxygen atoms in total. The Morgan fingerprint density at radius 1 is 1.07 bits per heavy atom. The highest BCUT2D eigenvalue weighted by Crippen LogP contribution is 2.47. The number of amides is 1. The fraction of sp³-hybridized carbons (Fsp3) is 0.483. The van der Waals surface area contributed by atoms with E-state index < -0.39 is 11.7 Å². The summed E-state index contributed by atoms with van der Waals surface area (Å²) in [6.07, 6.45) is 1.56. The Labute approximate surface area is 243 Å². The van der Waals surface area contributed by atoms with Crippen LogP contribution in [0.5, 0.6) is 0 Å². The van der Waals surface area contributed by atoms with E-state index in [9.17, 15) is 18.0 Å². The second-order valence-electron chi connectivity index (χ2n) is 11.7. The van der Waals surface area contributed by atoms with Crippen molar-refractivity contribution in [2.75, 3.05) is 35.6 Å². The number of hydrogen-bond acceptors (Lipinski definition) is 8. The van der Waals surface area contributed by atoms with Crippen LogP contribution in [0.3, 0.4) is 0 Å². The highest BCUT2D eigenvalue weighted by Gasteiger charge is 2.40. The molecule has 12 heteroatoms. The van der Waals surface area contributed by atoms with E-state index in [1.807, 2.05) is 11.0 Å². The van der Waals surface area contributed by atoms with Gasteiger partial charge < -0.3 is 20.4 Å². The average Bonchev–Trinajstić information content (AvgIpc) is 3.87. The zero-order chi connectivity index (χ0) is 27.9. The van der Waals surface area contributed by atoms with Crippen LogP contribution in [0.4, 0.5) is 30.5 Å². The summed E-state index contributed by atoms with van der Waals surface area (Å²) < 4.78 is 42.4. The van der Waals surface area contributed by atoms with E-state index in [1.54, 1.807) is 6.07 Å². The molecule has 8 rings (SSSR count). The first-order valence-electron chi connectivity index (χ1n) is 14.2. The second-order valence-corrected chi connectivity index (χ2v) is 13.8. The number of carbonyl (C=O) groups is 1. The predicted octanol–water partition coefficient (Wildman–Crippen LogP) is 6.11. The van der Waals surface area contributed by atoms with E-state index in [-0.39, 0.29) is 23.6 Å². The van der Waals surface area contributed by atoms with Crippen molar-refractivity contribution in [3.05, 3.63) is 46.5 Å². The molecule has 2 saturated carbocycles. The molecule has 4 fully saturated rings. The number of halogens is 3. The molecule has 5 heterocycles. The molecular formula is C29H29F3N6OS2. The zero-order valence-electron chi connectivity index (χ0n) is 22.2. The first-order valence-corrected chi connectivity index (χ1v) is 16.1. The molecule has 3 aliphatic heterocycles. The molecule has 2 bridgehead atoms. The Hall–Kier alpha value is -2.83. The van der Waals surface area contributed by atoms with Gasteiger partial charge in [-0.25, -0.2) is 9.97 Å². The van der Waals surface area contributed by atoms with Crippen molar-refractivity contribution in [2.24, 2.45) is 0 Å². The third kappa shape index (κ3) is 4.77. The first kappa shape index (κ1) is 25.8. The van der Waals surface area contributed by atoms with Crippen LogP contribution in [0.1, 0.15) is 58.8 Å². The van der Waals surface area contributed by atoms with Crippen LogP contribution in [0, 0.1) is 0 Å². The fourth-order valence-corrected chi connectivity index (χ4v) is 8.69. The van der Waals surface area contributed by atoms with Crippen LogP contribution >= 0.6 is 23.1 Å². The lowest BCUT2D eigenvalue weighted by Gasteiger charge is -2.30. The van der Waals surface area contributed by atoms with Gasteiger partial charge in [0.25, 0.3) is 5.91 Å². The maximum Gasteiger partial charge on any atom is 0.420 e. The highest BCUT2D eigenvalue weighted by molar-refractivity contribution is 7.99. The SMILES string of the molecule is O=C1c2sc(-c3nc(Nc4ccc(N5C[C@H]6C[C@@H]5CN6)cc4C4CC4)ncc3C(F)(F)F)cc2SCCN1C1CC1. The topological polar surface area (TPSA) is 73.4 Å². The first-order chi connectivity index (χ1) is 19.8. The number of alkyl halides is 3. The number of rotatable bonds is 6. The number of hydrogen-bond donors (Lipinski definition) is 2. The second kappa shape index (κ2) is 9.60. The Morgan fingerprint density at radius 2 is 1.93 bits per heavy atom. The molecule has 3 aromatic rings. The van der Waals surface area contributed by atoms with E-state index in [2.05, 4.69) is 37.6 Å². The molecule has 1 aromatic carbocycles. The fourth-order valence-electron chi connectivity index (χ4n) is 6.38. The van der Waals surface area contributed by atoms with Gasteiger partial charge in [-0.1, -0.05) is 0 Å². The predicted molar refractivity (Wildman–Crippen MR) is 154 cm³/mol. The van der Waals surface area contributed by atoms with Gasteiger partial charge in [-0.3, -0.25) is 4.79 Å². The number of thioether (sulfide) groups is 1. The van der Waals surface area contributed by atoms with Crippen molar-refractivity contribution in [1.82, 2.24) is 20.2 Å². The molecule has 1 amide bonds. The molecule has 0 radical (unpaired) electrons. The van der Waals surface area contributed by atoms with Crippen molar-refractivity contribution < 1.29 is 18.0 Å². The van der Waals surface area contributed by atoms with Gasteiger partial charge in [-0.2, -0.15) is 13.2 Å². The summed E-state index contributed by atoms with van der Waals surface area (Å²) in [5, 5.41) is 6.79.